The predicted octanol–water partition coefficient (Wildman–Crippen LogP) is 2.19. The predicted molar refractivity (Wildman–Crippen MR) is 73.4 cm³/mol. The molecule has 1 amide bonds. The summed E-state index contributed by atoms with van der Waals surface area (Å²) in [7, 11) is 0. The van der Waals surface area contributed by atoms with E-state index in [1.165, 1.54) is 0 Å². The van der Waals surface area contributed by atoms with Gasteiger partial charge in [-0.25, -0.2) is 0 Å². The van der Waals surface area contributed by atoms with Gasteiger partial charge in [0.25, 0.3) is 0 Å². The number of hydrogen-bond acceptors (Lipinski definition) is 4. The van der Waals surface area contributed by atoms with Crippen LogP contribution in [0.2, 0.25) is 0 Å². The Labute approximate surface area is 109 Å². The number of rotatable bonds is 6. The average Bonchev–Trinajstić information content (AvgIpc) is 2.25. The Morgan fingerprint density at radius 3 is 2.29 bits per heavy atom. The molecule has 0 fully saturated rings. The number of carbonyl (C=O) groups is 1. The van der Waals surface area contributed by atoms with Gasteiger partial charge in [-0.2, -0.15) is 0 Å². The first-order valence-electron chi connectivity index (χ1n) is 5.93. The average molecular weight is 258 g/mol. The van der Waals surface area contributed by atoms with Crippen LogP contribution in [0.4, 0.5) is 0 Å². The molecule has 0 aliphatic heterocycles. The maximum absolute atomic E-state index is 11.9. The first-order valence-corrected chi connectivity index (χ1v) is 6.34. The maximum Gasteiger partial charge on any atom is 0.227 e. The lowest BCUT2D eigenvalue weighted by atomic mass is 10.2. The van der Waals surface area contributed by atoms with E-state index in [1.54, 1.807) is 11.8 Å². The van der Waals surface area contributed by atoms with Crippen LogP contribution < -0.4 is 5.73 Å². The summed E-state index contributed by atoms with van der Waals surface area (Å²) in [6.45, 7) is 8.43. The van der Waals surface area contributed by atoms with Crippen molar-refractivity contribution in [2.24, 2.45) is 5.73 Å². The third-order valence-corrected chi connectivity index (χ3v) is 2.50. The lowest BCUT2D eigenvalue weighted by molar-refractivity contribution is -0.128. The molecule has 0 aliphatic carbocycles. The highest BCUT2D eigenvalue weighted by Gasteiger charge is 2.21. The summed E-state index contributed by atoms with van der Waals surface area (Å²) in [6.07, 6.45) is 1.28. The molecule has 0 saturated heterocycles. The normalized spacial score (nSPS) is 11.8. The minimum Gasteiger partial charge on any atom is -0.482 e. The van der Waals surface area contributed by atoms with Crippen molar-refractivity contribution >= 4 is 23.2 Å². The number of amides is 1. The Kier molecular flexibility index (Phi) is 7.54. The number of carbonyl (C=O) groups excluding carboxylic acids is 1. The van der Waals surface area contributed by atoms with Crippen molar-refractivity contribution in [3.8, 4) is 0 Å². The molecule has 0 aliphatic rings. The zero-order chi connectivity index (χ0) is 13.4. The van der Waals surface area contributed by atoms with E-state index in [0.29, 0.717) is 36.0 Å². The smallest absolute Gasteiger partial charge is 0.227 e. The van der Waals surface area contributed by atoms with E-state index in [0.717, 1.165) is 6.42 Å². The largest absolute Gasteiger partial charge is 0.482 e. The van der Waals surface area contributed by atoms with Crippen LogP contribution in [0, 0.1) is 0 Å². The number of nitrogens with two attached hydrogens (primary N) is 1. The first-order chi connectivity index (χ1) is 7.99. The summed E-state index contributed by atoms with van der Waals surface area (Å²) in [5, 5.41) is 0.291. The Balaban J connectivity index is 5.10. The molecular weight excluding hydrogens is 236 g/mol. The van der Waals surface area contributed by atoms with Crippen molar-refractivity contribution < 1.29 is 9.53 Å². The van der Waals surface area contributed by atoms with Gasteiger partial charge in [-0.15, -0.1) is 0 Å². The molecule has 0 spiro atoms. The molecule has 17 heavy (non-hydrogen) atoms. The van der Waals surface area contributed by atoms with Gasteiger partial charge in [0.05, 0.1) is 6.61 Å². The van der Waals surface area contributed by atoms with Crippen molar-refractivity contribution in [2.45, 2.75) is 40.5 Å². The zero-order valence-corrected chi connectivity index (χ0v) is 11.9. The van der Waals surface area contributed by atoms with Crippen LogP contribution in [-0.4, -0.2) is 29.0 Å². The van der Waals surface area contributed by atoms with Crippen LogP contribution in [0.3, 0.4) is 0 Å². The van der Waals surface area contributed by atoms with E-state index in [4.69, 9.17) is 22.7 Å². The van der Waals surface area contributed by atoms with Crippen molar-refractivity contribution in [2.75, 3.05) is 13.2 Å². The summed E-state index contributed by atoms with van der Waals surface area (Å²) in [5.41, 5.74) is 6.84. The van der Waals surface area contributed by atoms with Gasteiger partial charge in [0.15, 0.2) is 0 Å². The first kappa shape index (κ1) is 15.9. The Morgan fingerprint density at radius 1 is 1.35 bits per heavy atom. The number of likely N-dealkylation sites (N-methyl/N-ethyl adjacent to an activating group) is 1. The molecule has 0 radical (unpaired) electrons. The van der Waals surface area contributed by atoms with Crippen molar-refractivity contribution in [3.05, 3.63) is 11.4 Å². The number of thiocarbonyl (C=S) groups is 1. The highest BCUT2D eigenvalue weighted by atomic mass is 32.1. The minimum atomic E-state index is 0.0249. The fraction of sp³-hybridized carbons (Fsp3) is 0.667. The third-order valence-electron chi connectivity index (χ3n) is 2.19. The summed E-state index contributed by atoms with van der Waals surface area (Å²) in [4.78, 5) is 13.5. The lowest BCUT2D eigenvalue weighted by Crippen LogP contribution is -2.35. The van der Waals surface area contributed by atoms with Gasteiger partial charge in [-0.3, -0.25) is 4.79 Å². The van der Waals surface area contributed by atoms with Crippen LogP contribution in [0.25, 0.3) is 0 Å². The minimum absolute atomic E-state index is 0.0249. The van der Waals surface area contributed by atoms with Crippen LogP contribution in [0.1, 0.15) is 40.5 Å². The summed E-state index contributed by atoms with van der Waals surface area (Å²) >= 11 is 5.14. The quantitative estimate of drug-likeness (QED) is 0.586. The van der Waals surface area contributed by atoms with Gasteiger partial charge in [-0.05, 0) is 39.4 Å². The van der Waals surface area contributed by atoms with Gasteiger partial charge in [0.2, 0.25) is 11.0 Å². The molecule has 5 heteroatoms. The van der Waals surface area contributed by atoms with Gasteiger partial charge < -0.3 is 15.4 Å². The Bertz CT molecular complexity index is 310. The second-order valence-electron chi connectivity index (χ2n) is 3.64. The highest BCUT2D eigenvalue weighted by Crippen LogP contribution is 2.13. The second kappa shape index (κ2) is 8.06. The monoisotopic (exact) mass is 258 g/mol. The van der Waals surface area contributed by atoms with E-state index >= 15 is 0 Å². The topological polar surface area (TPSA) is 55.6 Å². The molecule has 0 heterocycles. The fourth-order valence-electron chi connectivity index (χ4n) is 1.49. The SMILES string of the molecule is CCCC(=O)N(CC)C(C(=S)OCC)=C(C)N. The number of hydrogen-bond donors (Lipinski definition) is 1. The standard InChI is InChI=1S/C12H22N2O2S/c1-5-8-10(15)14(6-2)11(9(4)13)12(17)16-7-3/h5-8,13H2,1-4H3. The zero-order valence-electron chi connectivity index (χ0n) is 11.1. The van der Waals surface area contributed by atoms with E-state index in [-0.39, 0.29) is 5.91 Å². The van der Waals surface area contributed by atoms with Gasteiger partial charge in [-0.1, -0.05) is 6.92 Å². The van der Waals surface area contributed by atoms with Crippen molar-refractivity contribution in [1.29, 1.82) is 0 Å². The van der Waals surface area contributed by atoms with Gasteiger partial charge in [0, 0.05) is 18.7 Å². The molecule has 0 aromatic heterocycles. The van der Waals surface area contributed by atoms with E-state index in [1.807, 2.05) is 20.8 Å². The fourth-order valence-corrected chi connectivity index (χ4v) is 1.88. The highest BCUT2D eigenvalue weighted by molar-refractivity contribution is 7.80. The van der Waals surface area contributed by atoms with Crippen LogP contribution in [0.5, 0.6) is 0 Å². The van der Waals surface area contributed by atoms with Gasteiger partial charge >= 0.3 is 0 Å². The second-order valence-corrected chi connectivity index (χ2v) is 4.01. The molecule has 0 saturated carbocycles. The lowest BCUT2D eigenvalue weighted by Gasteiger charge is -2.25. The van der Waals surface area contributed by atoms with E-state index in [9.17, 15) is 4.79 Å². The molecule has 2 N–H and O–H groups in total. The molecule has 0 aromatic carbocycles. The van der Waals surface area contributed by atoms with E-state index < -0.39 is 0 Å². The van der Waals surface area contributed by atoms with E-state index in [2.05, 4.69) is 0 Å². The van der Waals surface area contributed by atoms with Crippen molar-refractivity contribution in [3.63, 3.8) is 0 Å². The third kappa shape index (κ3) is 4.73. The van der Waals surface area contributed by atoms with Crippen LogP contribution in [0.15, 0.2) is 11.4 Å². The molecule has 0 rings (SSSR count). The summed E-state index contributed by atoms with van der Waals surface area (Å²) in [6, 6.07) is 0. The molecule has 0 unspecified atom stereocenters. The van der Waals surface area contributed by atoms with Crippen LogP contribution >= 0.6 is 12.2 Å². The maximum atomic E-state index is 11.9. The number of nitrogens with zero attached hydrogens (tertiary/aromatic N) is 1. The molecule has 0 aromatic rings. The molecule has 98 valence electrons. The molecule has 0 bridgehead atoms. The number of ether oxygens (including phenoxy) is 1. The molecule has 4 nitrogen and oxygen atoms in total. The Morgan fingerprint density at radius 2 is 1.94 bits per heavy atom. The summed E-state index contributed by atoms with van der Waals surface area (Å²) in [5.74, 6) is 0.0249. The van der Waals surface area contributed by atoms with Gasteiger partial charge in [0.1, 0.15) is 5.70 Å². The molecule has 0 atom stereocenters. The summed E-state index contributed by atoms with van der Waals surface area (Å²) < 4.78 is 5.28. The van der Waals surface area contributed by atoms with Crippen LogP contribution in [-0.2, 0) is 9.53 Å². The van der Waals surface area contributed by atoms with Crippen molar-refractivity contribution in [1.82, 2.24) is 4.90 Å². The molecular formula is C12H22N2O2S. The Hall–Kier alpha value is -1.10. The number of allylic oxidation sites excluding steroid dienone is 1.